The van der Waals surface area contributed by atoms with Crippen LogP contribution in [0, 0.1) is 0 Å². The maximum absolute atomic E-state index is 12.6. The SMILES string of the molecule is O=C(C[n+]1ccn(C(c2ccccc2)c2cc3ccccc3o2)c1)c1ccc(O)cc1. The third kappa shape index (κ3) is 3.85. The standard InChI is InChI=1S/C26H20N2O3/c29-22-12-10-19(11-13-22)23(30)17-27-14-15-28(18-27)26(20-6-2-1-3-7-20)25-16-21-8-4-5-9-24(21)31-25/h1-16,18,26H,17H2/p+1. The Morgan fingerprint density at radius 1 is 0.968 bits per heavy atom. The number of para-hydroxylation sites is 1. The Morgan fingerprint density at radius 2 is 1.71 bits per heavy atom. The van der Waals surface area contributed by atoms with Crippen LogP contribution in [0.2, 0.25) is 0 Å². The van der Waals surface area contributed by atoms with Crippen LogP contribution >= 0.6 is 0 Å². The lowest BCUT2D eigenvalue weighted by Gasteiger charge is -2.11. The van der Waals surface area contributed by atoms with E-state index in [1.165, 1.54) is 12.1 Å². The fourth-order valence-corrected chi connectivity index (χ4v) is 3.82. The number of hydrogen-bond donors (Lipinski definition) is 1. The molecule has 0 aliphatic carbocycles. The van der Waals surface area contributed by atoms with Crippen LogP contribution in [0.5, 0.6) is 5.75 Å². The predicted molar refractivity (Wildman–Crippen MR) is 117 cm³/mol. The maximum atomic E-state index is 12.6. The van der Waals surface area contributed by atoms with Gasteiger partial charge in [-0.15, -0.1) is 0 Å². The fraction of sp³-hybridized carbons (Fsp3) is 0.0769. The van der Waals surface area contributed by atoms with Gasteiger partial charge in [0.05, 0.1) is 0 Å². The zero-order chi connectivity index (χ0) is 21.2. The van der Waals surface area contributed by atoms with Gasteiger partial charge in [-0.3, -0.25) is 4.79 Å². The summed E-state index contributed by atoms with van der Waals surface area (Å²) in [7, 11) is 0. The van der Waals surface area contributed by atoms with Gasteiger partial charge in [0.25, 0.3) is 0 Å². The third-order valence-electron chi connectivity index (χ3n) is 5.35. The largest absolute Gasteiger partial charge is 0.508 e. The van der Waals surface area contributed by atoms with Crippen molar-refractivity contribution in [2.24, 2.45) is 0 Å². The smallest absolute Gasteiger partial charge is 0.245 e. The summed E-state index contributed by atoms with van der Waals surface area (Å²) in [5.74, 6) is 0.953. The van der Waals surface area contributed by atoms with Gasteiger partial charge < -0.3 is 9.52 Å². The number of nitrogens with zero attached hydrogens (tertiary/aromatic N) is 2. The minimum Gasteiger partial charge on any atom is -0.508 e. The second-order valence-corrected chi connectivity index (χ2v) is 7.50. The summed E-state index contributed by atoms with van der Waals surface area (Å²) in [5.41, 5.74) is 2.50. The molecule has 0 aliphatic heterocycles. The fourth-order valence-electron chi connectivity index (χ4n) is 3.82. The zero-order valence-electron chi connectivity index (χ0n) is 16.8. The van der Waals surface area contributed by atoms with E-state index in [0.29, 0.717) is 5.56 Å². The second kappa shape index (κ2) is 7.95. The number of furan rings is 1. The molecule has 0 fully saturated rings. The summed E-state index contributed by atoms with van der Waals surface area (Å²) in [5, 5.41) is 10.5. The average molecular weight is 409 g/mol. The number of aromatic nitrogens is 2. The number of carbonyl (C=O) groups is 1. The molecule has 0 saturated carbocycles. The minimum atomic E-state index is -0.154. The molecule has 5 heteroatoms. The van der Waals surface area contributed by atoms with Crippen LogP contribution in [0.4, 0.5) is 0 Å². The van der Waals surface area contributed by atoms with E-state index in [1.807, 2.05) is 65.8 Å². The van der Waals surface area contributed by atoms with E-state index in [2.05, 4.69) is 22.8 Å². The summed E-state index contributed by atoms with van der Waals surface area (Å²) >= 11 is 0. The molecule has 5 aromatic rings. The summed E-state index contributed by atoms with van der Waals surface area (Å²) in [6, 6.07) is 26.4. The van der Waals surface area contributed by atoms with Gasteiger partial charge in [0.1, 0.15) is 23.7 Å². The van der Waals surface area contributed by atoms with Crippen molar-refractivity contribution < 1.29 is 18.9 Å². The van der Waals surface area contributed by atoms with Crippen LogP contribution in [0.25, 0.3) is 11.0 Å². The number of carbonyl (C=O) groups excluding carboxylic acids is 1. The van der Waals surface area contributed by atoms with E-state index in [4.69, 9.17) is 4.42 Å². The Hall–Kier alpha value is -4.12. The highest BCUT2D eigenvalue weighted by atomic mass is 16.3. The molecular formula is C26H21N2O3+. The lowest BCUT2D eigenvalue weighted by Crippen LogP contribution is -2.36. The van der Waals surface area contributed by atoms with Crippen LogP contribution in [0.1, 0.15) is 27.7 Å². The number of phenols is 1. The lowest BCUT2D eigenvalue weighted by molar-refractivity contribution is -0.682. The van der Waals surface area contributed by atoms with Crippen molar-refractivity contribution in [2.45, 2.75) is 12.6 Å². The summed E-state index contributed by atoms with van der Waals surface area (Å²) in [4.78, 5) is 12.6. The van der Waals surface area contributed by atoms with Crippen molar-refractivity contribution in [1.29, 1.82) is 0 Å². The topological polar surface area (TPSA) is 59.2 Å². The van der Waals surface area contributed by atoms with Crippen molar-refractivity contribution in [3.05, 3.63) is 121 Å². The highest BCUT2D eigenvalue weighted by Crippen LogP contribution is 2.31. The van der Waals surface area contributed by atoms with E-state index in [9.17, 15) is 9.90 Å². The van der Waals surface area contributed by atoms with E-state index in [0.717, 1.165) is 22.3 Å². The number of ketones is 1. The molecule has 0 saturated heterocycles. The van der Waals surface area contributed by atoms with E-state index < -0.39 is 0 Å². The summed E-state index contributed by atoms with van der Waals surface area (Å²) in [6.07, 6.45) is 5.76. The third-order valence-corrected chi connectivity index (χ3v) is 5.35. The first-order valence-electron chi connectivity index (χ1n) is 10.1. The maximum Gasteiger partial charge on any atom is 0.245 e. The molecule has 3 aromatic carbocycles. The monoisotopic (exact) mass is 409 g/mol. The molecule has 2 aromatic heterocycles. The van der Waals surface area contributed by atoms with Crippen molar-refractivity contribution in [1.82, 2.24) is 4.57 Å². The van der Waals surface area contributed by atoms with E-state index >= 15 is 0 Å². The number of aromatic hydroxyl groups is 1. The van der Waals surface area contributed by atoms with Crippen LogP contribution in [0.15, 0.2) is 108 Å². The van der Waals surface area contributed by atoms with E-state index in [1.54, 1.807) is 12.1 Å². The van der Waals surface area contributed by atoms with Gasteiger partial charge in [0.15, 0.2) is 18.3 Å². The minimum absolute atomic E-state index is 0.0252. The number of hydrogen-bond acceptors (Lipinski definition) is 3. The Bertz CT molecular complexity index is 1300. The van der Waals surface area contributed by atoms with Gasteiger partial charge in [0, 0.05) is 16.5 Å². The average Bonchev–Trinajstić information content (AvgIpc) is 3.42. The first-order chi connectivity index (χ1) is 15.2. The molecule has 0 bridgehead atoms. The molecule has 0 spiro atoms. The van der Waals surface area contributed by atoms with Crippen LogP contribution in [-0.4, -0.2) is 15.5 Å². The van der Waals surface area contributed by atoms with Gasteiger partial charge in [-0.1, -0.05) is 48.5 Å². The molecule has 5 nitrogen and oxygen atoms in total. The van der Waals surface area contributed by atoms with Gasteiger partial charge >= 0.3 is 0 Å². The van der Waals surface area contributed by atoms with Crippen LogP contribution < -0.4 is 4.57 Å². The summed E-state index contributed by atoms with van der Waals surface area (Å²) in [6.45, 7) is 0.208. The van der Waals surface area contributed by atoms with Crippen LogP contribution in [0.3, 0.4) is 0 Å². The molecule has 5 rings (SSSR count). The number of imidazole rings is 1. The molecule has 1 unspecified atom stereocenters. The number of phenolic OH excluding ortho intramolecular Hbond substituents is 1. The van der Waals surface area contributed by atoms with Crippen LogP contribution in [-0.2, 0) is 6.54 Å². The van der Waals surface area contributed by atoms with Gasteiger partial charge in [-0.25, -0.2) is 9.13 Å². The Morgan fingerprint density at radius 3 is 2.48 bits per heavy atom. The Labute approximate surface area is 179 Å². The van der Waals surface area contributed by atoms with Crippen molar-refractivity contribution in [3.63, 3.8) is 0 Å². The highest BCUT2D eigenvalue weighted by Gasteiger charge is 2.26. The summed E-state index contributed by atoms with van der Waals surface area (Å²) < 4.78 is 10.1. The highest BCUT2D eigenvalue weighted by molar-refractivity contribution is 5.95. The molecule has 1 atom stereocenters. The quantitative estimate of drug-likeness (QED) is 0.325. The lowest BCUT2D eigenvalue weighted by atomic mass is 10.0. The second-order valence-electron chi connectivity index (χ2n) is 7.50. The number of fused-ring (bicyclic) bond motifs is 1. The number of rotatable bonds is 6. The van der Waals surface area contributed by atoms with Gasteiger partial charge in [-0.05, 0) is 36.4 Å². The number of Topliss-reactive ketones (excluding diaryl/α,β-unsaturated/α-hetero) is 1. The molecule has 0 radical (unpaired) electrons. The van der Waals surface area contributed by atoms with E-state index in [-0.39, 0.29) is 24.1 Å². The number of benzene rings is 3. The Kier molecular flexibility index (Phi) is 4.84. The van der Waals surface area contributed by atoms with Crippen molar-refractivity contribution in [3.8, 4) is 5.75 Å². The first kappa shape index (κ1) is 18.9. The normalized spacial score (nSPS) is 12.1. The first-order valence-corrected chi connectivity index (χ1v) is 10.1. The van der Waals surface area contributed by atoms with Crippen molar-refractivity contribution in [2.75, 3.05) is 0 Å². The molecule has 1 N–H and O–H groups in total. The van der Waals surface area contributed by atoms with Gasteiger partial charge in [-0.2, -0.15) is 0 Å². The molecule has 152 valence electrons. The molecular weight excluding hydrogens is 388 g/mol. The Balaban J connectivity index is 1.48. The predicted octanol–water partition coefficient (Wildman–Crippen LogP) is 4.75. The molecule has 0 aliphatic rings. The zero-order valence-corrected chi connectivity index (χ0v) is 16.8. The molecule has 2 heterocycles. The molecule has 0 amide bonds. The molecule has 31 heavy (non-hydrogen) atoms. The van der Waals surface area contributed by atoms with Gasteiger partial charge in [0.2, 0.25) is 12.1 Å². The van der Waals surface area contributed by atoms with Crippen molar-refractivity contribution >= 4 is 16.8 Å².